The average Bonchev–Trinajstić information content (AvgIpc) is 3.37. The van der Waals surface area contributed by atoms with E-state index in [2.05, 4.69) is 14.0 Å². The van der Waals surface area contributed by atoms with Crippen molar-refractivity contribution in [2.45, 2.75) is 56.3 Å². The molecule has 2 aromatic rings. The van der Waals surface area contributed by atoms with Gasteiger partial charge in [0, 0.05) is 30.4 Å². The number of aromatic nitrogens is 4. The molecule has 0 unspecified atom stereocenters. The van der Waals surface area contributed by atoms with Crippen LogP contribution in [0.2, 0.25) is 0 Å². The first kappa shape index (κ1) is 92.1. The molecular formula is C19H50BaCaN4O30P2. The molecule has 2 aromatic heterocycles. The Morgan fingerprint density at radius 1 is 0.719 bits per heavy atom. The summed E-state index contributed by atoms with van der Waals surface area (Å²) in [4.78, 5) is 91.0. The maximum absolute atomic E-state index is 11.7. The Bertz CT molecular complexity index is 1600. The molecule has 0 bridgehead atoms. The van der Waals surface area contributed by atoms with Crippen molar-refractivity contribution >= 4 is 102 Å². The van der Waals surface area contributed by atoms with Crippen LogP contribution in [0.3, 0.4) is 0 Å². The third-order valence-electron chi connectivity index (χ3n) is 5.92. The summed E-state index contributed by atoms with van der Waals surface area (Å²) in [6, 6.07) is 0.997. The van der Waals surface area contributed by atoms with Crippen molar-refractivity contribution in [1.82, 2.24) is 19.1 Å². The summed E-state index contributed by atoms with van der Waals surface area (Å²) in [5.41, 5.74) is -2.53. The summed E-state index contributed by atoms with van der Waals surface area (Å²) in [7, 11) is -10.4. The normalized spacial score (nSPS) is 20.6. The van der Waals surface area contributed by atoms with E-state index in [0.717, 1.165) is 21.4 Å². The Morgan fingerprint density at radius 3 is 1.56 bits per heavy atom. The van der Waals surface area contributed by atoms with Gasteiger partial charge in [0.25, 0.3) is 11.1 Å². The van der Waals surface area contributed by atoms with Crippen LogP contribution >= 0.6 is 15.6 Å². The molecule has 38 heteroatoms. The number of hydrogen-bond donors (Lipinski definition) is 5. The molecule has 2 fully saturated rings. The first-order valence-electron chi connectivity index (χ1n) is 11.7. The smallest absolute Gasteiger partial charge is 0.790 e. The Labute approximate surface area is 386 Å². The van der Waals surface area contributed by atoms with Crippen LogP contribution in [0.1, 0.15) is 24.4 Å². The summed E-state index contributed by atoms with van der Waals surface area (Å²) < 4.78 is 41.1. The van der Waals surface area contributed by atoms with E-state index in [1.807, 2.05) is 4.98 Å². The van der Waals surface area contributed by atoms with Crippen LogP contribution in [0.4, 0.5) is 0 Å². The number of aliphatic hydroxyl groups is 3. The second-order valence-corrected chi connectivity index (χ2v) is 11.3. The fourth-order valence-electron chi connectivity index (χ4n) is 3.89. The Kier molecular flexibility index (Phi) is 62.4. The first-order chi connectivity index (χ1) is 19.4. The number of rotatable bonds is 8. The third kappa shape index (κ3) is 27.3. The quantitative estimate of drug-likeness (QED) is 0.121. The largest absolute Gasteiger partial charge is 2.00 e. The van der Waals surface area contributed by atoms with Crippen LogP contribution in [0, 0.1) is 6.92 Å². The van der Waals surface area contributed by atoms with Gasteiger partial charge in [0.2, 0.25) is 0 Å². The van der Waals surface area contributed by atoms with Crippen LogP contribution in [0.15, 0.2) is 37.6 Å². The molecule has 4 rings (SSSR count). The van der Waals surface area contributed by atoms with Gasteiger partial charge < -0.3 is 134 Å². The van der Waals surface area contributed by atoms with Gasteiger partial charge in [-0.25, -0.2) is 9.59 Å². The van der Waals surface area contributed by atoms with Gasteiger partial charge in [0.15, 0.2) is 6.23 Å². The maximum atomic E-state index is 11.7. The van der Waals surface area contributed by atoms with Gasteiger partial charge >= 0.3 is 98.0 Å². The van der Waals surface area contributed by atoms with Crippen LogP contribution < -0.4 is 42.1 Å². The van der Waals surface area contributed by atoms with Crippen LogP contribution in [-0.4, -0.2) is 236 Å². The van der Waals surface area contributed by atoms with Crippen LogP contribution in [0.25, 0.3) is 0 Å². The molecule has 0 amide bonds. The number of H-pyrrole nitrogens is 2. The fourth-order valence-corrected chi connectivity index (χ4v) is 4.55. The number of aliphatic hydroxyl groups excluding tert-OH is 3. The number of ether oxygens (including phenoxy) is 2. The average molecular weight is 1050 g/mol. The van der Waals surface area contributed by atoms with E-state index in [0.29, 0.717) is 0 Å². The van der Waals surface area contributed by atoms with Gasteiger partial charge in [-0.1, -0.05) is 0 Å². The number of phosphoric acid groups is 2. The summed E-state index contributed by atoms with van der Waals surface area (Å²) in [6.45, 7) is 0.0437. The fraction of sp³-hybridized carbons (Fsp3) is 0.579. The zero-order valence-corrected chi connectivity index (χ0v) is 37.6. The molecule has 0 radical (unpaired) electrons. The van der Waals surface area contributed by atoms with Crippen molar-refractivity contribution < 1.29 is 134 Å². The van der Waals surface area contributed by atoms with E-state index in [1.165, 1.54) is 13.1 Å². The topological polar surface area (TPSA) is 743 Å². The minimum absolute atomic E-state index is 0. The number of nitrogens with zero attached hydrogens (tertiary/aromatic N) is 2. The van der Waals surface area contributed by atoms with E-state index in [-0.39, 0.29) is 170 Å². The second kappa shape index (κ2) is 38.6. The number of phosphoric ester groups is 2. The van der Waals surface area contributed by atoms with Crippen molar-refractivity contribution in [2.75, 3.05) is 13.2 Å². The minimum Gasteiger partial charge on any atom is -0.790 e. The van der Waals surface area contributed by atoms with E-state index >= 15 is 0 Å². The van der Waals surface area contributed by atoms with Crippen molar-refractivity contribution in [3.8, 4) is 0 Å². The molecule has 31 N–H and O–H groups in total. The second-order valence-electron chi connectivity index (χ2n) is 8.96. The third-order valence-corrected chi connectivity index (χ3v) is 6.85. The Balaban J connectivity index is -0.0000000489. The maximum Gasteiger partial charge on any atom is 2.00 e. The summed E-state index contributed by atoms with van der Waals surface area (Å²) >= 11 is 0. The Morgan fingerprint density at radius 2 is 1.14 bits per heavy atom. The summed E-state index contributed by atoms with van der Waals surface area (Å²) in [6.07, 6.45) is -6.64. The van der Waals surface area contributed by atoms with E-state index < -0.39 is 94.3 Å². The molecule has 2 aliphatic rings. The van der Waals surface area contributed by atoms with Crippen molar-refractivity contribution in [3.63, 3.8) is 0 Å². The van der Waals surface area contributed by atoms with Gasteiger partial charge in [-0.2, -0.15) is 0 Å². The minimum atomic E-state index is -5.26. The van der Waals surface area contributed by atoms with E-state index in [4.69, 9.17) is 9.47 Å². The summed E-state index contributed by atoms with van der Waals surface area (Å²) in [5, 5.41) is 29.2. The van der Waals surface area contributed by atoms with Crippen molar-refractivity contribution in [1.29, 1.82) is 0 Å². The monoisotopic (exact) mass is 1050 g/mol. The molecule has 57 heavy (non-hydrogen) atoms. The molecule has 340 valence electrons. The van der Waals surface area contributed by atoms with Crippen LogP contribution in [0.5, 0.6) is 0 Å². The number of aryl methyl sites for hydroxylation is 1. The Hall–Kier alpha value is -0.309. The number of aromatic amines is 2. The molecule has 2 aliphatic heterocycles. The molecule has 0 spiro atoms. The SMILES string of the molecule is Cc1cn([C@H]2C[C@H](O)[C@@H](COP(=O)([O-])[O-])O2)c(=O)[nH]c1=O.O.O.O.O.O.O.O.O.O.O.O.O.O.O=c1ccn([C@@H]2O[C@H](COP(=O)([O-])[O-])[C@@H](O)[C@H]2O)c(=O)[nH]1.[Ba+2].[Ca+2]. The standard InChI is InChI=1S/C10H15N2O8P.C9H13N2O9P.Ba.Ca.13H2O/c1-5-3-12(10(15)11-9(5)14)8-2-6(13)7(20-8)4-19-21(16,17)18;12-5-1-2-11(9(15)10-5)8-7(14)6(13)4(20-8)3-19-21(16,17)18;;;;;;;;;;;;;;;/h3,6-8,13H,2,4H2,1H3,(H,11,14,15)(H2,16,17,18);1-2,4,6-8,13-14H,3H2,(H,10,12,15)(H2,16,17,18);;;13*1H2/q;;2*+2;;;;;;;;;;;;;/p-4/t6-,7+,8+;4-,6-,7-,8-;;;;;;;;;;;;;;;/m01.............../s1. The number of nitrogens with one attached hydrogen (secondary N) is 2. The molecule has 7 atom stereocenters. The van der Waals surface area contributed by atoms with Crippen molar-refractivity contribution in [3.05, 3.63) is 65.7 Å². The first-order valence-corrected chi connectivity index (χ1v) is 14.6. The molecule has 0 aliphatic carbocycles. The van der Waals surface area contributed by atoms with Gasteiger partial charge in [0.1, 0.15) is 30.6 Å². The van der Waals surface area contributed by atoms with E-state index in [1.54, 1.807) is 0 Å². The molecular weight excluding hydrogens is 1000 g/mol. The number of hydrogen-bond acceptors (Lipinski definition) is 17. The van der Waals surface area contributed by atoms with Gasteiger partial charge in [-0.15, -0.1) is 0 Å². The van der Waals surface area contributed by atoms with Gasteiger partial charge in [-0.3, -0.25) is 28.7 Å². The summed E-state index contributed by atoms with van der Waals surface area (Å²) in [5.74, 6) is 0. The zero-order chi connectivity index (χ0) is 31.6. The molecule has 2 saturated heterocycles. The molecule has 0 saturated carbocycles. The molecule has 4 heterocycles. The van der Waals surface area contributed by atoms with E-state index in [9.17, 15) is 63.2 Å². The molecule has 0 aromatic carbocycles. The van der Waals surface area contributed by atoms with Gasteiger partial charge in [-0.05, 0) is 6.92 Å². The molecule has 34 nitrogen and oxygen atoms in total. The zero-order valence-electron chi connectivity index (χ0n) is 29.2. The van der Waals surface area contributed by atoms with Gasteiger partial charge in [0.05, 0.1) is 35.0 Å². The predicted octanol–water partition coefficient (Wildman–Crippen LogP) is -18.1. The van der Waals surface area contributed by atoms with Crippen LogP contribution in [-0.2, 0) is 27.7 Å². The predicted molar refractivity (Wildman–Crippen MR) is 183 cm³/mol. The van der Waals surface area contributed by atoms with Crippen molar-refractivity contribution in [2.24, 2.45) is 0 Å².